The van der Waals surface area contributed by atoms with E-state index in [1.54, 1.807) is 0 Å². The molecule has 1 amide bonds. The van der Waals surface area contributed by atoms with E-state index in [2.05, 4.69) is 5.29 Å². The van der Waals surface area contributed by atoms with E-state index in [4.69, 9.17) is 16.3 Å². The Morgan fingerprint density at radius 1 is 1.62 bits per heavy atom. The molecule has 0 aliphatic rings. The molecule has 0 saturated heterocycles. The lowest BCUT2D eigenvalue weighted by atomic mass is 10.4. The maximum Gasteiger partial charge on any atom is 0.433 e. The quantitative estimate of drug-likeness (QED) is 0.291. The van der Waals surface area contributed by atoms with Gasteiger partial charge in [-0.1, -0.05) is 13.3 Å². The molecular formula is C7H13ClN2O3. The summed E-state index contributed by atoms with van der Waals surface area (Å²) in [4.78, 5) is 21.1. The van der Waals surface area contributed by atoms with Crippen LogP contribution in [0.15, 0.2) is 5.29 Å². The number of unbranched alkanes of at least 4 members (excludes halogenated alkanes) is 1. The lowest BCUT2D eigenvalue weighted by Crippen LogP contribution is -2.28. The number of nitroso groups, excluding NO2 is 1. The Labute approximate surface area is 81.9 Å². The van der Waals surface area contributed by atoms with Crippen molar-refractivity contribution in [1.29, 1.82) is 0 Å². The van der Waals surface area contributed by atoms with Gasteiger partial charge in [0.15, 0.2) is 0 Å². The molecule has 0 rings (SSSR count). The van der Waals surface area contributed by atoms with Gasteiger partial charge in [-0.3, -0.25) is 0 Å². The number of amides is 1. The highest BCUT2D eigenvalue weighted by Gasteiger charge is 2.13. The first-order valence-electron chi connectivity index (χ1n) is 4.09. The molecule has 0 heterocycles. The first kappa shape index (κ1) is 12.2. The van der Waals surface area contributed by atoms with Crippen LogP contribution in [0.5, 0.6) is 0 Å². The molecular weight excluding hydrogens is 196 g/mol. The summed E-state index contributed by atoms with van der Waals surface area (Å²) in [6.45, 7) is 2.36. The molecule has 0 atom stereocenters. The summed E-state index contributed by atoms with van der Waals surface area (Å²) in [7, 11) is 0. The van der Waals surface area contributed by atoms with Crippen LogP contribution in [0.2, 0.25) is 0 Å². The lowest BCUT2D eigenvalue weighted by Gasteiger charge is -2.11. The third kappa shape index (κ3) is 5.41. The normalized spacial score (nSPS) is 9.38. The number of hydrogen-bond acceptors (Lipinski definition) is 4. The maximum atomic E-state index is 11.0. The van der Waals surface area contributed by atoms with Crippen LogP contribution in [-0.2, 0) is 4.74 Å². The second-order valence-corrected chi connectivity index (χ2v) is 2.74. The van der Waals surface area contributed by atoms with Crippen molar-refractivity contribution in [2.45, 2.75) is 19.8 Å². The highest BCUT2D eigenvalue weighted by Crippen LogP contribution is 1.97. The van der Waals surface area contributed by atoms with E-state index in [1.165, 1.54) is 0 Å². The number of halogens is 1. The molecule has 0 aliphatic heterocycles. The average Bonchev–Trinajstić information content (AvgIpc) is 2.14. The van der Waals surface area contributed by atoms with Gasteiger partial charge in [0.1, 0.15) is 0 Å². The van der Waals surface area contributed by atoms with E-state index in [9.17, 15) is 9.70 Å². The van der Waals surface area contributed by atoms with E-state index in [1.807, 2.05) is 6.92 Å². The second-order valence-electron chi connectivity index (χ2n) is 2.36. The minimum absolute atomic E-state index is 0.0794. The van der Waals surface area contributed by atoms with Crippen LogP contribution >= 0.6 is 11.6 Å². The van der Waals surface area contributed by atoms with Gasteiger partial charge in [-0.2, -0.15) is 5.01 Å². The first-order chi connectivity index (χ1) is 6.26. The largest absolute Gasteiger partial charge is 0.448 e. The predicted molar refractivity (Wildman–Crippen MR) is 49.5 cm³/mol. The summed E-state index contributed by atoms with van der Waals surface area (Å²) in [6, 6.07) is 0. The van der Waals surface area contributed by atoms with Crippen molar-refractivity contribution in [3.8, 4) is 0 Å². The summed E-state index contributed by atoms with van der Waals surface area (Å²) in [5, 5.41) is 3.15. The van der Waals surface area contributed by atoms with Gasteiger partial charge in [-0.05, 0) is 6.42 Å². The summed E-state index contributed by atoms with van der Waals surface area (Å²) >= 11 is 5.33. The number of ether oxygens (including phenoxy) is 1. The molecule has 13 heavy (non-hydrogen) atoms. The van der Waals surface area contributed by atoms with E-state index in [0.29, 0.717) is 11.6 Å². The number of rotatable bonds is 6. The number of carbonyl (C=O) groups is 1. The van der Waals surface area contributed by atoms with Gasteiger partial charge in [-0.15, -0.1) is 16.5 Å². The fourth-order valence-corrected chi connectivity index (χ4v) is 0.784. The average molecular weight is 209 g/mol. The van der Waals surface area contributed by atoms with Crippen LogP contribution in [-0.4, -0.2) is 30.1 Å². The molecule has 76 valence electrons. The molecule has 5 nitrogen and oxygen atoms in total. The van der Waals surface area contributed by atoms with Gasteiger partial charge in [0, 0.05) is 5.88 Å². The van der Waals surface area contributed by atoms with Crippen molar-refractivity contribution >= 4 is 17.7 Å². The van der Waals surface area contributed by atoms with Crippen molar-refractivity contribution in [2.24, 2.45) is 5.29 Å². The van der Waals surface area contributed by atoms with Crippen LogP contribution in [0, 0.1) is 4.91 Å². The number of alkyl halides is 1. The fourth-order valence-electron chi connectivity index (χ4n) is 0.624. The van der Waals surface area contributed by atoms with Crippen molar-refractivity contribution in [1.82, 2.24) is 5.01 Å². The number of nitrogens with zero attached hydrogens (tertiary/aromatic N) is 2. The van der Waals surface area contributed by atoms with Gasteiger partial charge < -0.3 is 4.74 Å². The van der Waals surface area contributed by atoms with Crippen LogP contribution in [0.3, 0.4) is 0 Å². The van der Waals surface area contributed by atoms with Crippen LogP contribution in [0.1, 0.15) is 19.8 Å². The fraction of sp³-hybridized carbons (Fsp3) is 0.857. The Kier molecular flexibility index (Phi) is 7.29. The molecule has 6 heteroatoms. The van der Waals surface area contributed by atoms with Crippen molar-refractivity contribution in [3.63, 3.8) is 0 Å². The van der Waals surface area contributed by atoms with E-state index < -0.39 is 6.09 Å². The summed E-state index contributed by atoms with van der Waals surface area (Å²) in [5.41, 5.74) is 0. The van der Waals surface area contributed by atoms with Gasteiger partial charge in [-0.25, -0.2) is 4.79 Å². The Morgan fingerprint density at radius 3 is 2.77 bits per heavy atom. The molecule has 0 aliphatic carbocycles. The smallest absolute Gasteiger partial charge is 0.433 e. The molecule has 0 saturated carbocycles. The molecule has 0 spiro atoms. The first-order valence-corrected chi connectivity index (χ1v) is 4.63. The molecule has 0 fully saturated rings. The van der Waals surface area contributed by atoms with Gasteiger partial charge in [0.05, 0.1) is 18.4 Å². The Morgan fingerprint density at radius 2 is 2.31 bits per heavy atom. The summed E-state index contributed by atoms with van der Waals surface area (Å²) < 4.78 is 4.72. The van der Waals surface area contributed by atoms with Crippen molar-refractivity contribution in [2.75, 3.05) is 19.0 Å². The SMILES string of the molecule is CCCCOC(=O)N(CCCl)N=O. The second kappa shape index (κ2) is 7.79. The monoisotopic (exact) mass is 208 g/mol. The zero-order chi connectivity index (χ0) is 10.1. The number of carbonyl (C=O) groups excluding carboxylic acids is 1. The van der Waals surface area contributed by atoms with E-state index >= 15 is 0 Å². The van der Waals surface area contributed by atoms with E-state index in [0.717, 1.165) is 12.8 Å². The van der Waals surface area contributed by atoms with Gasteiger partial charge >= 0.3 is 6.09 Å². The van der Waals surface area contributed by atoms with E-state index in [-0.39, 0.29) is 12.4 Å². The van der Waals surface area contributed by atoms with Crippen LogP contribution < -0.4 is 0 Å². The zero-order valence-electron chi connectivity index (χ0n) is 7.53. The Bertz CT molecular complexity index is 166. The van der Waals surface area contributed by atoms with Crippen LogP contribution in [0.25, 0.3) is 0 Å². The Hall–Kier alpha value is -0.840. The maximum absolute atomic E-state index is 11.0. The van der Waals surface area contributed by atoms with Crippen LogP contribution in [0.4, 0.5) is 4.79 Å². The predicted octanol–water partition coefficient (Wildman–Crippen LogP) is 2.15. The molecule has 0 aromatic heterocycles. The molecule has 0 radical (unpaired) electrons. The van der Waals surface area contributed by atoms with Gasteiger partial charge in [0.2, 0.25) is 0 Å². The molecule has 0 aromatic carbocycles. The highest BCUT2D eigenvalue weighted by atomic mass is 35.5. The topological polar surface area (TPSA) is 59.0 Å². The third-order valence-electron chi connectivity index (χ3n) is 1.33. The number of hydrogen-bond donors (Lipinski definition) is 0. The van der Waals surface area contributed by atoms with Crippen molar-refractivity contribution in [3.05, 3.63) is 4.91 Å². The highest BCUT2D eigenvalue weighted by molar-refractivity contribution is 6.18. The minimum atomic E-state index is -0.732. The lowest BCUT2D eigenvalue weighted by molar-refractivity contribution is 0.104. The Balaban J connectivity index is 3.70. The van der Waals surface area contributed by atoms with Crippen molar-refractivity contribution < 1.29 is 9.53 Å². The summed E-state index contributed by atoms with van der Waals surface area (Å²) in [6.07, 6.45) is 0.973. The zero-order valence-corrected chi connectivity index (χ0v) is 8.29. The summed E-state index contributed by atoms with van der Waals surface area (Å²) in [5.74, 6) is 0.161. The molecule has 0 bridgehead atoms. The third-order valence-corrected chi connectivity index (χ3v) is 1.50. The molecule has 0 N–H and O–H groups in total. The molecule has 0 aromatic rings. The van der Waals surface area contributed by atoms with Gasteiger partial charge in [0.25, 0.3) is 0 Å². The minimum Gasteiger partial charge on any atom is -0.448 e. The standard InChI is InChI=1S/C7H13ClN2O3/c1-2-3-6-13-7(11)10(9-12)5-4-8/h2-6H2,1H3. The molecule has 0 unspecified atom stereocenters.